The highest BCUT2D eigenvalue weighted by Crippen LogP contribution is 1.97. The summed E-state index contributed by atoms with van der Waals surface area (Å²) in [6, 6.07) is 0. The lowest BCUT2D eigenvalue weighted by Gasteiger charge is -2.31. The van der Waals surface area contributed by atoms with Crippen molar-refractivity contribution in [2.75, 3.05) is 74.1 Å². The van der Waals surface area contributed by atoms with Gasteiger partial charge in [-0.25, -0.2) is 0 Å². The number of nitrogens with zero attached hydrogens (tertiary/aromatic N) is 3. The monoisotopic (exact) mass is 274 g/mol. The number of likely N-dealkylation sites (N-methyl/N-ethyl adjacent to an activating group) is 1. The number of carbonyl (C=O) groups is 1. The van der Waals surface area contributed by atoms with E-state index in [-0.39, 0.29) is 12.5 Å². The number of piperazine rings is 1. The van der Waals surface area contributed by atoms with Gasteiger partial charge in [0.25, 0.3) is 0 Å². The number of aliphatic hydroxyl groups is 1. The fourth-order valence-corrected chi connectivity index (χ4v) is 1.57. The molecule has 0 aromatic carbocycles. The first-order chi connectivity index (χ1) is 8.95. The largest absolute Gasteiger partial charge is 0.396 e. The highest BCUT2D eigenvalue weighted by atomic mass is 16.3. The Hall–Kier alpha value is -0.690. The van der Waals surface area contributed by atoms with Crippen LogP contribution in [-0.4, -0.2) is 99.8 Å². The quantitative estimate of drug-likeness (QED) is 0.624. The minimum absolute atomic E-state index is 0.0630. The summed E-state index contributed by atoms with van der Waals surface area (Å²) >= 11 is 0. The topological polar surface area (TPSA) is 59.0 Å². The van der Waals surface area contributed by atoms with Gasteiger partial charge in [0.15, 0.2) is 0 Å². The van der Waals surface area contributed by atoms with Crippen molar-refractivity contribution < 1.29 is 9.90 Å². The van der Waals surface area contributed by atoms with Crippen molar-refractivity contribution in [3.8, 4) is 0 Å². The highest BCUT2D eigenvalue weighted by Gasteiger charge is 2.15. The first kappa shape index (κ1) is 18.3. The molecule has 0 unspecified atom stereocenters. The van der Waals surface area contributed by atoms with Crippen molar-refractivity contribution in [3.63, 3.8) is 0 Å². The Morgan fingerprint density at radius 2 is 1.74 bits per heavy atom. The van der Waals surface area contributed by atoms with Crippen molar-refractivity contribution in [3.05, 3.63) is 0 Å². The van der Waals surface area contributed by atoms with Gasteiger partial charge in [0.1, 0.15) is 0 Å². The maximum absolute atomic E-state index is 11.4. The van der Waals surface area contributed by atoms with E-state index < -0.39 is 0 Å². The summed E-state index contributed by atoms with van der Waals surface area (Å²) in [5.41, 5.74) is 0. The van der Waals surface area contributed by atoms with E-state index >= 15 is 0 Å². The summed E-state index contributed by atoms with van der Waals surface area (Å²) < 4.78 is 0. The first-order valence-corrected chi connectivity index (χ1v) is 6.85. The summed E-state index contributed by atoms with van der Waals surface area (Å²) in [4.78, 5) is 17.8. The van der Waals surface area contributed by atoms with Crippen molar-refractivity contribution in [1.29, 1.82) is 0 Å². The number of hydrogen-bond donors (Lipinski definition) is 2. The summed E-state index contributed by atoms with van der Waals surface area (Å²) in [5, 5.41) is 11.4. The maximum atomic E-state index is 11.4. The Balaban J connectivity index is 0.000000711. The molecule has 2 N–H and O–H groups in total. The van der Waals surface area contributed by atoms with E-state index in [4.69, 9.17) is 5.11 Å². The van der Waals surface area contributed by atoms with E-state index in [0.717, 1.165) is 26.2 Å². The second-order valence-corrected chi connectivity index (χ2v) is 5.35. The minimum atomic E-state index is 0.0630. The molecule has 1 rings (SSSR count). The van der Waals surface area contributed by atoms with E-state index in [1.54, 1.807) is 0 Å². The zero-order valence-electron chi connectivity index (χ0n) is 12.9. The number of amides is 1. The fraction of sp³-hybridized carbons (Fsp3) is 0.923. The molecule has 0 aromatic rings. The Morgan fingerprint density at radius 3 is 2.21 bits per heavy atom. The zero-order chi connectivity index (χ0) is 14.7. The third-order valence-corrected chi connectivity index (χ3v) is 2.62. The van der Waals surface area contributed by atoms with Gasteiger partial charge in [0, 0.05) is 39.3 Å². The van der Waals surface area contributed by atoms with Gasteiger partial charge in [0.05, 0.1) is 6.54 Å². The van der Waals surface area contributed by atoms with Crippen molar-refractivity contribution in [1.82, 2.24) is 20.0 Å². The number of nitrogens with one attached hydrogen (secondary N) is 1. The molecule has 1 amide bonds. The van der Waals surface area contributed by atoms with Crippen LogP contribution >= 0.6 is 0 Å². The smallest absolute Gasteiger partial charge is 0.234 e. The Kier molecular flexibility index (Phi) is 10.8. The molecular formula is C13H30N4O2. The molecule has 0 radical (unpaired) electrons. The summed E-state index contributed by atoms with van der Waals surface area (Å²) in [7, 11) is 8.10. The SMILES string of the molecule is CN(C)C.CN1CCN(CC(=O)NCCCO)CC1. The summed E-state index contributed by atoms with van der Waals surface area (Å²) in [6.07, 6.45) is 0.633. The molecule has 0 atom stereocenters. The van der Waals surface area contributed by atoms with E-state index in [0.29, 0.717) is 19.5 Å². The Bertz CT molecular complexity index is 226. The van der Waals surface area contributed by atoms with E-state index in [2.05, 4.69) is 22.2 Å². The van der Waals surface area contributed by atoms with Crippen LogP contribution in [-0.2, 0) is 4.79 Å². The van der Waals surface area contributed by atoms with Crippen LogP contribution in [0.1, 0.15) is 6.42 Å². The van der Waals surface area contributed by atoms with Gasteiger partial charge < -0.3 is 20.2 Å². The van der Waals surface area contributed by atoms with E-state index in [9.17, 15) is 4.79 Å². The average molecular weight is 274 g/mol. The van der Waals surface area contributed by atoms with Crippen LogP contribution in [0, 0.1) is 0 Å². The maximum Gasteiger partial charge on any atom is 0.234 e. The van der Waals surface area contributed by atoms with Gasteiger partial charge in [-0.15, -0.1) is 0 Å². The van der Waals surface area contributed by atoms with Crippen LogP contribution in [0.5, 0.6) is 0 Å². The normalized spacial score (nSPS) is 16.9. The molecule has 1 fully saturated rings. The molecule has 1 aliphatic rings. The van der Waals surface area contributed by atoms with Crippen LogP contribution < -0.4 is 5.32 Å². The molecule has 6 heteroatoms. The predicted octanol–water partition coefficient (Wildman–Crippen LogP) is -1.09. The van der Waals surface area contributed by atoms with Gasteiger partial charge in [-0.2, -0.15) is 0 Å². The number of carbonyl (C=O) groups excluding carboxylic acids is 1. The van der Waals surface area contributed by atoms with Crippen molar-refractivity contribution >= 4 is 5.91 Å². The average Bonchev–Trinajstić information content (AvgIpc) is 2.32. The Labute approximate surface area is 117 Å². The molecule has 1 aliphatic heterocycles. The summed E-state index contributed by atoms with van der Waals surface area (Å²) in [6.45, 7) is 5.18. The van der Waals surface area contributed by atoms with Gasteiger partial charge in [-0.1, -0.05) is 0 Å². The first-order valence-electron chi connectivity index (χ1n) is 6.85. The van der Waals surface area contributed by atoms with Crippen LogP contribution in [0.15, 0.2) is 0 Å². The van der Waals surface area contributed by atoms with Gasteiger partial charge >= 0.3 is 0 Å². The number of rotatable bonds is 5. The molecule has 1 saturated heterocycles. The van der Waals surface area contributed by atoms with Crippen molar-refractivity contribution in [2.24, 2.45) is 0 Å². The molecule has 0 spiro atoms. The van der Waals surface area contributed by atoms with Gasteiger partial charge in [-0.05, 0) is 34.6 Å². The predicted molar refractivity (Wildman–Crippen MR) is 78.3 cm³/mol. The van der Waals surface area contributed by atoms with Crippen LogP contribution in [0.4, 0.5) is 0 Å². The van der Waals surface area contributed by atoms with Crippen LogP contribution in [0.2, 0.25) is 0 Å². The molecule has 0 aliphatic carbocycles. The lowest BCUT2D eigenvalue weighted by molar-refractivity contribution is -0.122. The third kappa shape index (κ3) is 12.1. The molecular weight excluding hydrogens is 244 g/mol. The molecule has 0 aromatic heterocycles. The molecule has 0 bridgehead atoms. The lowest BCUT2D eigenvalue weighted by Crippen LogP contribution is -2.48. The fourth-order valence-electron chi connectivity index (χ4n) is 1.57. The van der Waals surface area contributed by atoms with Crippen LogP contribution in [0.3, 0.4) is 0 Å². The molecule has 1 heterocycles. The lowest BCUT2D eigenvalue weighted by atomic mass is 10.3. The third-order valence-electron chi connectivity index (χ3n) is 2.62. The van der Waals surface area contributed by atoms with E-state index in [1.165, 1.54) is 0 Å². The molecule has 6 nitrogen and oxygen atoms in total. The highest BCUT2D eigenvalue weighted by molar-refractivity contribution is 5.77. The van der Waals surface area contributed by atoms with Gasteiger partial charge in [-0.3, -0.25) is 9.69 Å². The molecule has 19 heavy (non-hydrogen) atoms. The number of aliphatic hydroxyl groups excluding tert-OH is 1. The van der Waals surface area contributed by atoms with Gasteiger partial charge in [0.2, 0.25) is 5.91 Å². The standard InChI is InChI=1S/C10H21N3O2.C3H9N/c1-12-4-6-13(7-5-12)9-10(15)11-3-2-8-14;1-4(2)3/h14H,2-9H2,1H3,(H,11,15);1-3H3. The molecule has 0 saturated carbocycles. The second kappa shape index (κ2) is 11.2. The van der Waals surface area contributed by atoms with E-state index in [1.807, 2.05) is 26.0 Å². The van der Waals surface area contributed by atoms with Crippen LogP contribution in [0.25, 0.3) is 0 Å². The minimum Gasteiger partial charge on any atom is -0.396 e. The molecule has 114 valence electrons. The Morgan fingerprint density at radius 1 is 1.21 bits per heavy atom. The number of hydrogen-bond acceptors (Lipinski definition) is 5. The second-order valence-electron chi connectivity index (χ2n) is 5.35. The zero-order valence-corrected chi connectivity index (χ0v) is 12.9. The summed E-state index contributed by atoms with van der Waals surface area (Å²) in [5.74, 6) is 0.0630. The van der Waals surface area contributed by atoms with Crippen molar-refractivity contribution in [2.45, 2.75) is 6.42 Å².